The van der Waals surface area contributed by atoms with E-state index in [4.69, 9.17) is 16.7 Å². The van der Waals surface area contributed by atoms with Gasteiger partial charge in [0.15, 0.2) is 0 Å². The minimum Gasteiger partial charge on any atom is -0.269 e. The van der Waals surface area contributed by atoms with Crippen LogP contribution in [0.15, 0.2) is 0 Å². The van der Waals surface area contributed by atoms with Gasteiger partial charge >= 0.3 is 0 Å². The van der Waals surface area contributed by atoms with Crippen molar-refractivity contribution in [2.75, 3.05) is 0 Å². The summed E-state index contributed by atoms with van der Waals surface area (Å²) in [6, 6.07) is 0. The molecule has 2 nitrogen and oxygen atoms in total. The van der Waals surface area contributed by atoms with Crippen LogP contribution < -0.4 is 0 Å². The van der Waals surface area contributed by atoms with Gasteiger partial charge in [-0.15, -0.1) is 11.6 Å². The van der Waals surface area contributed by atoms with Gasteiger partial charge < -0.3 is 0 Å². The molecule has 1 aromatic heterocycles. The van der Waals surface area contributed by atoms with Gasteiger partial charge in [-0.1, -0.05) is 33.1 Å². The molecule has 19 heavy (non-hydrogen) atoms. The van der Waals surface area contributed by atoms with E-state index in [0.29, 0.717) is 0 Å². The third kappa shape index (κ3) is 3.34. The largest absolute Gasteiger partial charge is 0.269 e. The van der Waals surface area contributed by atoms with E-state index in [9.17, 15) is 0 Å². The quantitative estimate of drug-likeness (QED) is 0.703. The molecule has 1 fully saturated rings. The van der Waals surface area contributed by atoms with Crippen molar-refractivity contribution in [1.82, 2.24) is 9.78 Å². The van der Waals surface area contributed by atoms with Crippen LogP contribution in [0, 0.1) is 5.92 Å². The molecule has 0 spiro atoms. The first-order chi connectivity index (χ1) is 9.17. The lowest BCUT2D eigenvalue weighted by Crippen LogP contribution is -2.17. The van der Waals surface area contributed by atoms with Crippen LogP contribution in [0.1, 0.15) is 75.2 Å². The monoisotopic (exact) mass is 282 g/mol. The van der Waals surface area contributed by atoms with E-state index in [1.807, 2.05) is 0 Å². The number of aromatic nitrogens is 2. The van der Waals surface area contributed by atoms with Crippen LogP contribution in [0.4, 0.5) is 0 Å². The summed E-state index contributed by atoms with van der Waals surface area (Å²) in [7, 11) is 0. The molecule has 1 atom stereocenters. The fraction of sp³-hybridized carbons (Fsp3) is 0.812. The van der Waals surface area contributed by atoms with Crippen molar-refractivity contribution < 1.29 is 0 Å². The number of halogens is 1. The van der Waals surface area contributed by atoms with E-state index < -0.39 is 0 Å². The lowest BCUT2D eigenvalue weighted by atomic mass is 9.89. The van der Waals surface area contributed by atoms with Gasteiger partial charge in [0.05, 0.1) is 11.1 Å². The highest BCUT2D eigenvalue weighted by Gasteiger charge is 2.21. The van der Waals surface area contributed by atoms with Crippen molar-refractivity contribution in [3.05, 3.63) is 17.0 Å². The third-order valence-corrected chi connectivity index (χ3v) is 4.62. The van der Waals surface area contributed by atoms with Gasteiger partial charge in [-0.2, -0.15) is 5.10 Å². The van der Waals surface area contributed by atoms with Crippen LogP contribution in [0.25, 0.3) is 0 Å². The summed E-state index contributed by atoms with van der Waals surface area (Å²) in [4.78, 5) is 0. The zero-order valence-corrected chi connectivity index (χ0v) is 13.3. The Morgan fingerprint density at radius 1 is 1.21 bits per heavy atom. The van der Waals surface area contributed by atoms with Crippen molar-refractivity contribution in [3.8, 4) is 0 Å². The summed E-state index contributed by atoms with van der Waals surface area (Å²) in [5.41, 5.74) is 3.86. The second-order valence-corrected chi connectivity index (χ2v) is 6.47. The van der Waals surface area contributed by atoms with Crippen molar-refractivity contribution in [2.45, 2.75) is 77.6 Å². The van der Waals surface area contributed by atoms with Gasteiger partial charge in [0.2, 0.25) is 0 Å². The average Bonchev–Trinajstić information content (AvgIpc) is 2.77. The molecule has 0 amide bonds. The highest BCUT2D eigenvalue weighted by Crippen LogP contribution is 2.30. The van der Waals surface area contributed by atoms with Gasteiger partial charge in [-0.05, 0) is 38.5 Å². The van der Waals surface area contributed by atoms with Crippen LogP contribution in [-0.4, -0.2) is 9.78 Å². The molecular weight excluding hydrogens is 256 g/mol. The smallest absolute Gasteiger partial charge is 0.0671 e. The predicted octanol–water partition coefficient (Wildman–Crippen LogP) is 4.89. The maximum absolute atomic E-state index is 6.37. The number of rotatable bonds is 5. The van der Waals surface area contributed by atoms with Gasteiger partial charge in [0.25, 0.3) is 0 Å². The van der Waals surface area contributed by atoms with E-state index >= 15 is 0 Å². The maximum atomic E-state index is 6.37. The van der Waals surface area contributed by atoms with E-state index in [1.54, 1.807) is 0 Å². The van der Waals surface area contributed by atoms with E-state index in [2.05, 4.69) is 25.5 Å². The summed E-state index contributed by atoms with van der Waals surface area (Å²) in [5, 5.41) is 4.92. The number of aryl methyl sites for hydroxylation is 1. The van der Waals surface area contributed by atoms with E-state index in [-0.39, 0.29) is 5.38 Å². The van der Waals surface area contributed by atoms with Gasteiger partial charge in [-0.3, -0.25) is 4.68 Å². The van der Waals surface area contributed by atoms with Gasteiger partial charge in [-0.25, -0.2) is 0 Å². The third-order valence-electron chi connectivity index (χ3n) is 4.40. The number of nitrogens with zero attached hydrogens (tertiary/aromatic N) is 2. The Labute approximate surface area is 122 Å². The topological polar surface area (TPSA) is 17.8 Å². The lowest BCUT2D eigenvalue weighted by molar-refractivity contribution is 0.304. The molecule has 1 unspecified atom stereocenters. The summed E-state index contributed by atoms with van der Waals surface area (Å²) < 4.78 is 2.27. The second kappa shape index (κ2) is 6.78. The zero-order valence-electron chi connectivity index (χ0n) is 12.6. The molecule has 0 N–H and O–H groups in total. The first-order valence-corrected chi connectivity index (χ1v) is 8.33. The van der Waals surface area contributed by atoms with Crippen LogP contribution >= 0.6 is 11.6 Å². The fourth-order valence-corrected chi connectivity index (χ4v) is 3.68. The highest BCUT2D eigenvalue weighted by molar-refractivity contribution is 6.20. The Balaban J connectivity index is 2.23. The Morgan fingerprint density at radius 2 is 1.89 bits per heavy atom. The number of hydrogen-bond acceptors (Lipinski definition) is 1. The molecule has 2 rings (SSSR count). The molecule has 1 aliphatic rings. The minimum atomic E-state index is 0.0741. The first kappa shape index (κ1) is 14.9. The van der Waals surface area contributed by atoms with Crippen LogP contribution in [0.5, 0.6) is 0 Å². The van der Waals surface area contributed by atoms with Crippen LogP contribution in [-0.2, 0) is 19.4 Å². The molecule has 0 bridgehead atoms. The van der Waals surface area contributed by atoms with E-state index in [1.165, 1.54) is 49.1 Å². The molecule has 1 aliphatic carbocycles. The normalized spacial score (nSPS) is 18.7. The molecule has 1 saturated carbocycles. The second-order valence-electron chi connectivity index (χ2n) is 5.82. The molecule has 0 aliphatic heterocycles. The molecule has 0 aromatic carbocycles. The zero-order chi connectivity index (χ0) is 13.8. The van der Waals surface area contributed by atoms with Crippen molar-refractivity contribution >= 4 is 11.6 Å². The minimum absolute atomic E-state index is 0.0741. The van der Waals surface area contributed by atoms with Gasteiger partial charge in [0.1, 0.15) is 0 Å². The summed E-state index contributed by atoms with van der Waals surface area (Å²) in [6.07, 6.45) is 8.97. The summed E-state index contributed by atoms with van der Waals surface area (Å²) in [5.74, 6) is 0.821. The highest BCUT2D eigenvalue weighted by atomic mass is 35.5. The summed E-state index contributed by atoms with van der Waals surface area (Å²) >= 11 is 6.37. The van der Waals surface area contributed by atoms with Crippen LogP contribution in [0.2, 0.25) is 0 Å². The molecule has 0 radical (unpaired) electrons. The predicted molar refractivity (Wildman–Crippen MR) is 81.8 cm³/mol. The Bertz CT molecular complexity index is 403. The van der Waals surface area contributed by atoms with Crippen molar-refractivity contribution in [1.29, 1.82) is 0 Å². The van der Waals surface area contributed by atoms with Crippen molar-refractivity contribution in [3.63, 3.8) is 0 Å². The van der Waals surface area contributed by atoms with Crippen LogP contribution in [0.3, 0.4) is 0 Å². The molecule has 0 saturated heterocycles. The molecule has 1 aromatic rings. The van der Waals surface area contributed by atoms with E-state index in [0.717, 1.165) is 25.3 Å². The Morgan fingerprint density at radius 3 is 2.42 bits per heavy atom. The SMILES string of the molecule is CCc1nn(CC2CCCCC2)c(CC)c1C(C)Cl. The summed E-state index contributed by atoms with van der Waals surface area (Å²) in [6.45, 7) is 7.56. The average molecular weight is 283 g/mol. The first-order valence-electron chi connectivity index (χ1n) is 7.89. The molecular formula is C16H27ClN2. The number of alkyl halides is 1. The lowest BCUT2D eigenvalue weighted by Gasteiger charge is -2.22. The Kier molecular flexibility index (Phi) is 5.32. The molecule has 108 valence electrons. The maximum Gasteiger partial charge on any atom is 0.0671 e. The number of hydrogen-bond donors (Lipinski definition) is 0. The standard InChI is InChI=1S/C16H27ClN2/c1-4-14-16(12(3)17)15(5-2)19(18-14)11-13-9-7-6-8-10-13/h12-13H,4-11H2,1-3H3. The van der Waals surface area contributed by atoms with Gasteiger partial charge in [0, 0.05) is 17.8 Å². The Hall–Kier alpha value is -0.500. The fourth-order valence-electron chi connectivity index (χ4n) is 3.42. The molecule has 3 heteroatoms. The molecule has 1 heterocycles. The van der Waals surface area contributed by atoms with Crippen molar-refractivity contribution in [2.24, 2.45) is 5.92 Å².